The van der Waals surface area contributed by atoms with Crippen LogP contribution < -0.4 is 0 Å². The molecule has 0 aromatic carbocycles. The highest BCUT2D eigenvalue weighted by atomic mass is 16.7. The van der Waals surface area contributed by atoms with Crippen molar-refractivity contribution < 1.29 is 9.47 Å². The number of hydrogen-bond acceptors (Lipinski definition) is 2. The lowest BCUT2D eigenvalue weighted by molar-refractivity contribution is 0.181. The van der Waals surface area contributed by atoms with E-state index in [-0.39, 0.29) is 22.4 Å². The Morgan fingerprint density at radius 1 is 0.562 bits per heavy atom. The Morgan fingerprint density at radius 2 is 0.875 bits per heavy atom. The van der Waals surface area contributed by atoms with Crippen LogP contribution in [0.2, 0.25) is 0 Å². The molecule has 2 saturated heterocycles. The standard InChI is InChI=1S/C14H16O2/c1-2-6-12-10-14-8-4-3-7-13(14,16-14)9-11(12,5-1)15-12/h1-4H,5-10H2/t11-,12+,13-,14+. The van der Waals surface area contributed by atoms with Gasteiger partial charge in [-0.3, -0.25) is 0 Å². The summed E-state index contributed by atoms with van der Waals surface area (Å²) in [6.45, 7) is 0. The van der Waals surface area contributed by atoms with Crippen molar-refractivity contribution in [3.8, 4) is 0 Å². The fourth-order valence-corrected chi connectivity index (χ4v) is 4.70. The lowest BCUT2D eigenvalue weighted by Gasteiger charge is -2.34. The van der Waals surface area contributed by atoms with Crippen LogP contribution in [0.4, 0.5) is 0 Å². The van der Waals surface area contributed by atoms with Crippen LogP contribution >= 0.6 is 0 Å². The predicted molar refractivity (Wildman–Crippen MR) is 59.1 cm³/mol. The molecule has 2 aliphatic heterocycles. The van der Waals surface area contributed by atoms with Crippen molar-refractivity contribution in [1.82, 2.24) is 0 Å². The molecule has 3 aliphatic carbocycles. The lowest BCUT2D eigenvalue weighted by Crippen LogP contribution is -2.45. The van der Waals surface area contributed by atoms with Gasteiger partial charge in [0.05, 0.1) is 0 Å². The molecule has 0 spiro atoms. The molecule has 5 rings (SSSR count). The highest BCUT2D eigenvalue weighted by Crippen LogP contribution is 2.76. The van der Waals surface area contributed by atoms with E-state index in [9.17, 15) is 0 Å². The minimum atomic E-state index is 0.160. The normalized spacial score (nSPS) is 64.0. The first-order valence-corrected chi connectivity index (χ1v) is 6.44. The Labute approximate surface area is 95.3 Å². The van der Waals surface area contributed by atoms with E-state index in [1.807, 2.05) is 0 Å². The summed E-state index contributed by atoms with van der Waals surface area (Å²) < 4.78 is 12.5. The fraction of sp³-hybridized carbons (Fsp3) is 0.714. The molecular formula is C14H16O2. The average molecular weight is 216 g/mol. The molecule has 4 atom stereocenters. The van der Waals surface area contributed by atoms with Gasteiger partial charge in [-0.15, -0.1) is 0 Å². The molecule has 5 aliphatic rings. The minimum Gasteiger partial charge on any atom is -0.362 e. The van der Waals surface area contributed by atoms with Crippen molar-refractivity contribution in [2.75, 3.05) is 0 Å². The van der Waals surface area contributed by atoms with Gasteiger partial charge in [0.2, 0.25) is 0 Å². The Balaban J connectivity index is 1.61. The van der Waals surface area contributed by atoms with E-state index in [1.54, 1.807) is 0 Å². The summed E-state index contributed by atoms with van der Waals surface area (Å²) in [5, 5.41) is 0. The predicted octanol–water partition coefficient (Wildman–Crippen LogP) is 2.50. The largest absolute Gasteiger partial charge is 0.362 e. The summed E-state index contributed by atoms with van der Waals surface area (Å²) in [7, 11) is 0. The summed E-state index contributed by atoms with van der Waals surface area (Å²) in [6, 6.07) is 0. The van der Waals surface area contributed by atoms with Crippen molar-refractivity contribution in [3.63, 3.8) is 0 Å². The summed E-state index contributed by atoms with van der Waals surface area (Å²) in [5.41, 5.74) is 0.639. The third kappa shape index (κ3) is 0.671. The molecule has 2 heteroatoms. The van der Waals surface area contributed by atoms with Gasteiger partial charge in [-0.25, -0.2) is 0 Å². The molecular weight excluding hydrogens is 200 g/mol. The van der Waals surface area contributed by atoms with Crippen molar-refractivity contribution in [2.45, 2.75) is 60.9 Å². The van der Waals surface area contributed by atoms with Gasteiger partial charge >= 0.3 is 0 Å². The van der Waals surface area contributed by atoms with Crippen LogP contribution in [-0.4, -0.2) is 22.4 Å². The number of hydrogen-bond donors (Lipinski definition) is 0. The molecule has 0 aromatic rings. The van der Waals surface area contributed by atoms with Crippen LogP contribution in [0.25, 0.3) is 0 Å². The summed E-state index contributed by atoms with van der Waals surface area (Å²) >= 11 is 0. The van der Waals surface area contributed by atoms with Crippen molar-refractivity contribution >= 4 is 0 Å². The van der Waals surface area contributed by atoms with Crippen LogP contribution in [0.3, 0.4) is 0 Å². The van der Waals surface area contributed by atoms with Crippen LogP contribution in [-0.2, 0) is 9.47 Å². The molecule has 0 N–H and O–H groups in total. The van der Waals surface area contributed by atoms with E-state index in [0.717, 1.165) is 38.5 Å². The van der Waals surface area contributed by atoms with Gasteiger partial charge < -0.3 is 9.47 Å². The molecule has 3 fully saturated rings. The summed E-state index contributed by atoms with van der Waals surface area (Å²) in [6.07, 6.45) is 15.9. The van der Waals surface area contributed by atoms with E-state index in [1.165, 1.54) is 0 Å². The lowest BCUT2D eigenvalue weighted by atomic mass is 9.62. The minimum absolute atomic E-state index is 0.160. The Bertz CT molecular complexity index is 376. The van der Waals surface area contributed by atoms with E-state index in [2.05, 4.69) is 24.3 Å². The van der Waals surface area contributed by atoms with Crippen molar-refractivity contribution in [1.29, 1.82) is 0 Å². The number of ether oxygens (including phenoxy) is 2. The highest BCUT2D eigenvalue weighted by molar-refractivity contribution is 5.39. The van der Waals surface area contributed by atoms with Gasteiger partial charge in [0, 0.05) is 12.8 Å². The maximum atomic E-state index is 6.23. The van der Waals surface area contributed by atoms with Gasteiger partial charge in [0.25, 0.3) is 0 Å². The summed E-state index contributed by atoms with van der Waals surface area (Å²) in [4.78, 5) is 0. The zero-order valence-corrected chi connectivity index (χ0v) is 9.37. The molecule has 2 nitrogen and oxygen atoms in total. The van der Waals surface area contributed by atoms with Crippen LogP contribution in [0.5, 0.6) is 0 Å². The monoisotopic (exact) mass is 216 g/mol. The van der Waals surface area contributed by atoms with Crippen LogP contribution in [0, 0.1) is 0 Å². The van der Waals surface area contributed by atoms with E-state index in [4.69, 9.17) is 9.47 Å². The highest BCUT2D eigenvalue weighted by Gasteiger charge is 2.86. The molecule has 0 aromatic heterocycles. The van der Waals surface area contributed by atoms with E-state index in [0.29, 0.717) is 0 Å². The van der Waals surface area contributed by atoms with Gasteiger partial charge in [0.1, 0.15) is 22.4 Å². The third-order valence-electron chi connectivity index (χ3n) is 5.62. The average Bonchev–Trinajstić information content (AvgIpc) is 3.09. The van der Waals surface area contributed by atoms with Gasteiger partial charge in [-0.2, -0.15) is 0 Å². The Kier molecular flexibility index (Phi) is 1.09. The molecule has 0 bridgehead atoms. The molecule has 0 radical (unpaired) electrons. The topological polar surface area (TPSA) is 25.1 Å². The van der Waals surface area contributed by atoms with Gasteiger partial charge in [-0.05, 0) is 25.7 Å². The Morgan fingerprint density at radius 3 is 1.19 bits per heavy atom. The molecule has 84 valence electrons. The second-order valence-corrected chi connectivity index (χ2v) is 6.29. The number of epoxide rings is 2. The van der Waals surface area contributed by atoms with E-state index >= 15 is 0 Å². The van der Waals surface area contributed by atoms with Crippen molar-refractivity contribution in [2.24, 2.45) is 0 Å². The van der Waals surface area contributed by atoms with Gasteiger partial charge in [0.15, 0.2) is 0 Å². The molecule has 1 saturated carbocycles. The smallest absolute Gasteiger partial charge is 0.105 e. The fourth-order valence-electron chi connectivity index (χ4n) is 4.70. The zero-order chi connectivity index (χ0) is 10.5. The molecule has 0 amide bonds. The zero-order valence-electron chi connectivity index (χ0n) is 9.37. The van der Waals surface area contributed by atoms with Crippen molar-refractivity contribution in [3.05, 3.63) is 24.3 Å². The summed E-state index contributed by atoms with van der Waals surface area (Å²) in [5.74, 6) is 0. The molecule has 0 unspecified atom stereocenters. The Hall–Kier alpha value is -0.600. The van der Waals surface area contributed by atoms with Crippen LogP contribution in [0.15, 0.2) is 24.3 Å². The first-order valence-electron chi connectivity index (χ1n) is 6.44. The maximum Gasteiger partial charge on any atom is 0.105 e. The second-order valence-electron chi connectivity index (χ2n) is 6.29. The SMILES string of the molecule is C1=CC[C@]23C[C@@]45CC=CC[C@]4(C[C@@]2(C1)O3)O5. The van der Waals surface area contributed by atoms with E-state index < -0.39 is 0 Å². The van der Waals surface area contributed by atoms with Crippen LogP contribution in [0.1, 0.15) is 38.5 Å². The molecule has 2 heterocycles. The first-order chi connectivity index (χ1) is 7.74. The second kappa shape index (κ2) is 2.06. The maximum absolute atomic E-state index is 6.23. The number of rotatable bonds is 0. The third-order valence-corrected chi connectivity index (χ3v) is 5.62. The molecule has 16 heavy (non-hydrogen) atoms. The first kappa shape index (κ1) is 8.48. The quantitative estimate of drug-likeness (QED) is 0.459. The van der Waals surface area contributed by atoms with Gasteiger partial charge in [-0.1, -0.05) is 24.3 Å².